The molecule has 9 aromatic carbocycles. The largest absolute Gasteiger partial charge is 0.455 e. The van der Waals surface area contributed by atoms with E-state index < -0.39 is 0 Å². The summed E-state index contributed by atoms with van der Waals surface area (Å²) >= 11 is 0. The summed E-state index contributed by atoms with van der Waals surface area (Å²) in [4.78, 5) is 0. The number of para-hydroxylation sites is 5. The van der Waals surface area contributed by atoms with Crippen LogP contribution in [0.15, 0.2) is 203 Å². The van der Waals surface area contributed by atoms with Crippen molar-refractivity contribution < 1.29 is 8.83 Å². The number of aromatic nitrogens is 2. The minimum Gasteiger partial charge on any atom is -0.455 e. The molecular formula is C54H32N2O2. The fourth-order valence-electron chi connectivity index (χ4n) is 9.52. The first-order valence-corrected chi connectivity index (χ1v) is 19.8. The molecule has 13 aromatic rings. The fourth-order valence-corrected chi connectivity index (χ4v) is 9.52. The molecule has 4 aromatic heterocycles. The highest BCUT2D eigenvalue weighted by Crippen LogP contribution is 2.43. The number of rotatable bonds is 4. The average molecular weight is 741 g/mol. The van der Waals surface area contributed by atoms with Gasteiger partial charge in [0.05, 0.1) is 27.5 Å². The smallest absolute Gasteiger partial charge is 0.145 e. The summed E-state index contributed by atoms with van der Waals surface area (Å²) in [5.41, 5.74) is 15.0. The summed E-state index contributed by atoms with van der Waals surface area (Å²) in [5.74, 6) is 0. The SMILES string of the molecule is c1ccc(-n2c3ccccc3c3cc(-c4ccc5c(c4)c4c6oc7ccccc7c6ccc4n5-c4ccc(-c5cccc6c5oc5ccccc56)cc4)ccc32)cc1. The lowest BCUT2D eigenvalue weighted by molar-refractivity contribution is 0.670. The highest BCUT2D eigenvalue weighted by molar-refractivity contribution is 6.24. The molecular weight excluding hydrogens is 709 g/mol. The van der Waals surface area contributed by atoms with E-state index in [-0.39, 0.29) is 0 Å². The van der Waals surface area contributed by atoms with Gasteiger partial charge in [0.25, 0.3) is 0 Å². The topological polar surface area (TPSA) is 36.1 Å². The van der Waals surface area contributed by atoms with E-state index in [0.29, 0.717) is 0 Å². The van der Waals surface area contributed by atoms with Gasteiger partial charge in [0, 0.05) is 54.6 Å². The Morgan fingerprint density at radius 1 is 0.293 bits per heavy atom. The molecule has 0 saturated carbocycles. The molecule has 0 bridgehead atoms. The standard InChI is InChI=1S/C54H32N2O2/c1-2-11-36(12-3-1)55-46-18-7-4-13-39(46)44-31-34(23-28-47(44)55)35-24-29-48-45(32-35)52-49(30-27-43-41-15-6-9-20-51(41)58-54(43)52)56(48)37-25-21-33(22-26-37)38-16-10-17-42-40-14-5-8-19-50(40)57-53(38)42/h1-32H. The molecule has 0 aliphatic carbocycles. The maximum absolute atomic E-state index is 6.74. The summed E-state index contributed by atoms with van der Waals surface area (Å²) in [6.45, 7) is 0. The molecule has 0 spiro atoms. The second kappa shape index (κ2) is 11.8. The van der Waals surface area contributed by atoms with Gasteiger partial charge in [0.15, 0.2) is 0 Å². The molecule has 0 N–H and O–H groups in total. The van der Waals surface area contributed by atoms with Crippen molar-refractivity contribution in [3.05, 3.63) is 194 Å². The highest BCUT2D eigenvalue weighted by atomic mass is 16.3. The Kier molecular flexibility index (Phi) is 6.41. The third-order valence-electron chi connectivity index (χ3n) is 12.1. The normalized spacial score (nSPS) is 12.1. The number of nitrogens with zero attached hydrogens (tertiary/aromatic N) is 2. The Balaban J connectivity index is 1.01. The number of hydrogen-bond donors (Lipinski definition) is 0. The molecule has 0 radical (unpaired) electrons. The van der Waals surface area contributed by atoms with E-state index in [4.69, 9.17) is 8.83 Å². The maximum Gasteiger partial charge on any atom is 0.145 e. The van der Waals surface area contributed by atoms with Gasteiger partial charge in [-0.2, -0.15) is 0 Å². The first-order valence-electron chi connectivity index (χ1n) is 19.8. The van der Waals surface area contributed by atoms with Crippen molar-refractivity contribution in [1.29, 1.82) is 0 Å². The van der Waals surface area contributed by atoms with Crippen LogP contribution in [0, 0.1) is 0 Å². The van der Waals surface area contributed by atoms with Gasteiger partial charge in [-0.25, -0.2) is 0 Å². The Morgan fingerprint density at radius 2 is 0.810 bits per heavy atom. The van der Waals surface area contributed by atoms with Gasteiger partial charge >= 0.3 is 0 Å². The molecule has 4 heterocycles. The molecule has 0 aliphatic rings. The number of furan rings is 2. The van der Waals surface area contributed by atoms with Gasteiger partial charge in [-0.05, 0) is 95.6 Å². The molecule has 0 unspecified atom stereocenters. The van der Waals surface area contributed by atoms with E-state index in [1.165, 1.54) is 27.4 Å². The maximum atomic E-state index is 6.74. The summed E-state index contributed by atoms with van der Waals surface area (Å²) < 4.78 is 17.9. The lowest BCUT2D eigenvalue weighted by Crippen LogP contribution is -1.94. The number of benzene rings is 9. The molecule has 0 fully saturated rings. The molecule has 58 heavy (non-hydrogen) atoms. The van der Waals surface area contributed by atoms with Crippen LogP contribution < -0.4 is 0 Å². The lowest BCUT2D eigenvalue weighted by atomic mass is 10.00. The van der Waals surface area contributed by atoms with Crippen molar-refractivity contribution in [1.82, 2.24) is 9.13 Å². The van der Waals surface area contributed by atoms with Crippen molar-refractivity contribution in [2.45, 2.75) is 0 Å². The predicted octanol–water partition coefficient (Wildman–Crippen LogP) is 15.0. The van der Waals surface area contributed by atoms with Crippen molar-refractivity contribution in [3.8, 4) is 33.6 Å². The zero-order valence-electron chi connectivity index (χ0n) is 31.2. The number of hydrogen-bond acceptors (Lipinski definition) is 2. The zero-order valence-corrected chi connectivity index (χ0v) is 31.2. The van der Waals surface area contributed by atoms with Crippen LogP contribution in [0.4, 0.5) is 0 Å². The monoisotopic (exact) mass is 740 g/mol. The molecule has 0 aliphatic heterocycles. The van der Waals surface area contributed by atoms with Gasteiger partial charge in [0.1, 0.15) is 22.3 Å². The molecule has 270 valence electrons. The Bertz CT molecular complexity index is 3780. The molecule has 0 atom stereocenters. The van der Waals surface area contributed by atoms with E-state index in [0.717, 1.165) is 93.7 Å². The molecule has 0 amide bonds. The van der Waals surface area contributed by atoms with Gasteiger partial charge < -0.3 is 18.0 Å². The van der Waals surface area contributed by atoms with Crippen molar-refractivity contribution in [3.63, 3.8) is 0 Å². The van der Waals surface area contributed by atoms with E-state index >= 15 is 0 Å². The molecule has 4 nitrogen and oxygen atoms in total. The Morgan fingerprint density at radius 3 is 1.57 bits per heavy atom. The second-order valence-corrected chi connectivity index (χ2v) is 15.2. The van der Waals surface area contributed by atoms with Crippen LogP contribution in [0.1, 0.15) is 0 Å². The summed E-state index contributed by atoms with van der Waals surface area (Å²) in [7, 11) is 0. The number of fused-ring (bicyclic) bond motifs is 13. The fraction of sp³-hybridized carbons (Fsp3) is 0. The minimum absolute atomic E-state index is 0.895. The predicted molar refractivity (Wildman–Crippen MR) is 241 cm³/mol. The zero-order chi connectivity index (χ0) is 37.9. The van der Waals surface area contributed by atoms with Gasteiger partial charge in [-0.1, -0.05) is 115 Å². The quantitative estimate of drug-likeness (QED) is 0.180. The molecule has 0 saturated heterocycles. The summed E-state index contributed by atoms with van der Waals surface area (Å²) in [6, 6.07) is 69.5. The van der Waals surface area contributed by atoms with Crippen LogP contribution >= 0.6 is 0 Å². The molecule has 13 rings (SSSR count). The van der Waals surface area contributed by atoms with Crippen LogP contribution in [-0.2, 0) is 0 Å². The average Bonchev–Trinajstić information content (AvgIpc) is 4.04. The summed E-state index contributed by atoms with van der Waals surface area (Å²) in [5, 5.41) is 9.26. The van der Waals surface area contributed by atoms with Crippen LogP contribution in [0.25, 0.3) is 121 Å². The van der Waals surface area contributed by atoms with Crippen molar-refractivity contribution in [2.75, 3.05) is 0 Å². The van der Waals surface area contributed by atoms with Crippen molar-refractivity contribution >= 4 is 87.5 Å². The Hall–Kier alpha value is -7.82. The molecule has 4 heteroatoms. The first-order chi connectivity index (χ1) is 28.8. The van der Waals surface area contributed by atoms with Crippen LogP contribution in [0.3, 0.4) is 0 Å². The van der Waals surface area contributed by atoms with Crippen LogP contribution in [-0.4, -0.2) is 9.13 Å². The minimum atomic E-state index is 0.895. The third-order valence-corrected chi connectivity index (χ3v) is 12.1. The van der Waals surface area contributed by atoms with E-state index in [1.807, 2.05) is 18.2 Å². The van der Waals surface area contributed by atoms with E-state index in [9.17, 15) is 0 Å². The first kappa shape index (κ1) is 31.4. The van der Waals surface area contributed by atoms with E-state index in [2.05, 4.69) is 185 Å². The van der Waals surface area contributed by atoms with Gasteiger partial charge in [0.2, 0.25) is 0 Å². The summed E-state index contributed by atoms with van der Waals surface area (Å²) in [6.07, 6.45) is 0. The van der Waals surface area contributed by atoms with Crippen LogP contribution in [0.5, 0.6) is 0 Å². The van der Waals surface area contributed by atoms with Crippen LogP contribution in [0.2, 0.25) is 0 Å². The highest BCUT2D eigenvalue weighted by Gasteiger charge is 2.21. The second-order valence-electron chi connectivity index (χ2n) is 15.2. The van der Waals surface area contributed by atoms with Gasteiger partial charge in [-0.15, -0.1) is 0 Å². The van der Waals surface area contributed by atoms with Gasteiger partial charge in [-0.3, -0.25) is 0 Å². The van der Waals surface area contributed by atoms with Crippen molar-refractivity contribution in [2.24, 2.45) is 0 Å². The Labute approximate surface area is 332 Å². The lowest BCUT2D eigenvalue weighted by Gasteiger charge is -2.10. The third kappa shape index (κ3) is 4.40. The van der Waals surface area contributed by atoms with E-state index in [1.54, 1.807) is 0 Å².